The molecule has 0 spiro atoms. The first-order valence-electron chi connectivity index (χ1n) is 4.88. The molecule has 0 aromatic heterocycles. The Hall–Kier alpha value is -0.260. The standard InChI is InChI=1S/C11H11BrO2S2/c1-2-15-7-10-6-8-5-9(12)3-4-11(8)16(10,13)14/h3-6H,2,7H2,1H3. The molecule has 0 aliphatic carbocycles. The van der Waals surface area contributed by atoms with Crippen molar-refractivity contribution >= 4 is 43.6 Å². The number of thioether (sulfide) groups is 1. The molecule has 0 amide bonds. The fourth-order valence-electron chi connectivity index (χ4n) is 1.59. The molecule has 86 valence electrons. The van der Waals surface area contributed by atoms with E-state index >= 15 is 0 Å². The average Bonchev–Trinajstić information content (AvgIpc) is 2.47. The van der Waals surface area contributed by atoms with Gasteiger partial charge in [0, 0.05) is 10.2 Å². The van der Waals surface area contributed by atoms with E-state index in [0.29, 0.717) is 15.6 Å². The van der Waals surface area contributed by atoms with Gasteiger partial charge in [0.1, 0.15) is 0 Å². The molecule has 0 bridgehead atoms. The van der Waals surface area contributed by atoms with E-state index < -0.39 is 9.84 Å². The highest BCUT2D eigenvalue weighted by atomic mass is 79.9. The summed E-state index contributed by atoms with van der Waals surface area (Å²) in [5.41, 5.74) is 0.793. The summed E-state index contributed by atoms with van der Waals surface area (Å²) in [6, 6.07) is 5.27. The Morgan fingerprint density at radius 2 is 2.12 bits per heavy atom. The fourth-order valence-corrected chi connectivity index (χ4v) is 4.57. The minimum atomic E-state index is -3.22. The summed E-state index contributed by atoms with van der Waals surface area (Å²) >= 11 is 4.97. The molecule has 2 nitrogen and oxygen atoms in total. The molecule has 0 radical (unpaired) electrons. The van der Waals surface area contributed by atoms with Crippen LogP contribution in [-0.2, 0) is 9.84 Å². The Morgan fingerprint density at radius 1 is 1.38 bits per heavy atom. The molecule has 16 heavy (non-hydrogen) atoms. The number of sulfone groups is 1. The van der Waals surface area contributed by atoms with Gasteiger partial charge in [-0.1, -0.05) is 22.9 Å². The van der Waals surface area contributed by atoms with Gasteiger partial charge in [-0.3, -0.25) is 0 Å². The average molecular weight is 319 g/mol. The minimum Gasteiger partial charge on any atom is -0.219 e. The van der Waals surface area contributed by atoms with Crippen molar-refractivity contribution in [2.75, 3.05) is 11.5 Å². The smallest absolute Gasteiger partial charge is 0.204 e. The summed E-state index contributed by atoms with van der Waals surface area (Å²) in [5, 5.41) is 0. The van der Waals surface area contributed by atoms with Crippen molar-refractivity contribution in [3.63, 3.8) is 0 Å². The van der Waals surface area contributed by atoms with Crippen LogP contribution < -0.4 is 0 Å². The van der Waals surface area contributed by atoms with Gasteiger partial charge in [-0.15, -0.1) is 0 Å². The summed E-state index contributed by atoms with van der Waals surface area (Å²) < 4.78 is 25.1. The van der Waals surface area contributed by atoms with E-state index in [-0.39, 0.29) is 0 Å². The molecule has 0 atom stereocenters. The van der Waals surface area contributed by atoms with Crippen molar-refractivity contribution in [2.45, 2.75) is 11.8 Å². The highest BCUT2D eigenvalue weighted by Crippen LogP contribution is 2.35. The van der Waals surface area contributed by atoms with Crippen molar-refractivity contribution in [1.29, 1.82) is 0 Å². The van der Waals surface area contributed by atoms with E-state index in [0.717, 1.165) is 15.8 Å². The van der Waals surface area contributed by atoms with Crippen LogP contribution >= 0.6 is 27.7 Å². The molecular formula is C11H11BrO2S2. The largest absolute Gasteiger partial charge is 0.219 e. The molecule has 1 heterocycles. The van der Waals surface area contributed by atoms with Gasteiger partial charge in [0.25, 0.3) is 0 Å². The normalized spacial score (nSPS) is 17.0. The lowest BCUT2D eigenvalue weighted by Gasteiger charge is -2.02. The highest BCUT2D eigenvalue weighted by Gasteiger charge is 2.28. The number of rotatable bonds is 3. The van der Waals surface area contributed by atoms with Crippen LogP contribution in [0.3, 0.4) is 0 Å². The lowest BCUT2D eigenvalue weighted by Crippen LogP contribution is -2.02. The lowest BCUT2D eigenvalue weighted by atomic mass is 10.2. The van der Waals surface area contributed by atoms with Gasteiger partial charge in [0.2, 0.25) is 9.84 Å². The predicted molar refractivity (Wildman–Crippen MR) is 72.3 cm³/mol. The second-order valence-electron chi connectivity index (χ2n) is 3.43. The van der Waals surface area contributed by atoms with Crippen LogP contribution in [0.25, 0.3) is 6.08 Å². The minimum absolute atomic E-state index is 0.433. The molecule has 0 saturated heterocycles. The summed E-state index contributed by atoms with van der Waals surface area (Å²) in [5.74, 6) is 1.48. The third-order valence-electron chi connectivity index (χ3n) is 2.37. The second kappa shape index (κ2) is 4.55. The maximum atomic E-state index is 12.1. The van der Waals surface area contributed by atoms with Crippen LogP contribution in [-0.4, -0.2) is 19.9 Å². The van der Waals surface area contributed by atoms with Crippen LogP contribution in [0.1, 0.15) is 12.5 Å². The zero-order valence-electron chi connectivity index (χ0n) is 8.73. The zero-order valence-corrected chi connectivity index (χ0v) is 12.0. The molecule has 1 aromatic carbocycles. The summed E-state index contributed by atoms with van der Waals surface area (Å²) in [6.07, 6.45) is 1.78. The van der Waals surface area contributed by atoms with Crippen molar-refractivity contribution < 1.29 is 8.42 Å². The molecular weight excluding hydrogens is 308 g/mol. The molecule has 1 aliphatic rings. The van der Waals surface area contributed by atoms with Crippen molar-refractivity contribution in [2.24, 2.45) is 0 Å². The van der Waals surface area contributed by atoms with Gasteiger partial charge in [0.15, 0.2) is 0 Å². The Bertz CT molecular complexity index is 547. The van der Waals surface area contributed by atoms with Gasteiger partial charge < -0.3 is 0 Å². The van der Waals surface area contributed by atoms with E-state index in [2.05, 4.69) is 15.9 Å². The topological polar surface area (TPSA) is 34.1 Å². The first-order chi connectivity index (χ1) is 7.55. The van der Waals surface area contributed by atoms with E-state index in [1.165, 1.54) is 0 Å². The molecule has 0 fully saturated rings. The van der Waals surface area contributed by atoms with E-state index in [4.69, 9.17) is 0 Å². The first-order valence-corrected chi connectivity index (χ1v) is 8.31. The SMILES string of the molecule is CCSCC1=Cc2cc(Br)ccc2S1(=O)=O. The number of halogens is 1. The number of hydrogen-bond acceptors (Lipinski definition) is 3. The molecule has 5 heteroatoms. The quantitative estimate of drug-likeness (QED) is 0.857. The van der Waals surface area contributed by atoms with E-state index in [1.54, 1.807) is 30.0 Å². The van der Waals surface area contributed by atoms with E-state index in [9.17, 15) is 8.42 Å². The first kappa shape index (κ1) is 12.2. The molecule has 0 saturated carbocycles. The van der Waals surface area contributed by atoms with Gasteiger partial charge in [-0.2, -0.15) is 11.8 Å². The second-order valence-corrected chi connectivity index (χ2v) is 7.59. The Kier molecular flexibility index (Phi) is 3.47. The third kappa shape index (κ3) is 2.08. The summed E-state index contributed by atoms with van der Waals surface area (Å²) in [6.45, 7) is 2.02. The zero-order chi connectivity index (χ0) is 11.8. The monoisotopic (exact) mass is 318 g/mol. The summed E-state index contributed by atoms with van der Waals surface area (Å²) in [7, 11) is -3.22. The van der Waals surface area contributed by atoms with Crippen LogP contribution in [0.15, 0.2) is 32.5 Å². The lowest BCUT2D eigenvalue weighted by molar-refractivity contribution is 0.603. The van der Waals surface area contributed by atoms with Crippen LogP contribution in [0.5, 0.6) is 0 Å². The van der Waals surface area contributed by atoms with E-state index in [1.807, 2.05) is 13.0 Å². The Labute approximate surface area is 108 Å². The van der Waals surface area contributed by atoms with Gasteiger partial charge in [-0.25, -0.2) is 8.42 Å². The molecule has 0 unspecified atom stereocenters. The summed E-state index contributed by atoms with van der Waals surface area (Å²) in [4.78, 5) is 0.954. The van der Waals surface area contributed by atoms with Crippen molar-refractivity contribution in [3.8, 4) is 0 Å². The fraction of sp³-hybridized carbons (Fsp3) is 0.273. The molecule has 2 rings (SSSR count). The third-order valence-corrected chi connectivity index (χ3v) is 5.87. The molecule has 1 aliphatic heterocycles. The number of hydrogen-bond donors (Lipinski definition) is 0. The molecule has 1 aromatic rings. The Balaban J connectivity index is 2.44. The maximum absolute atomic E-state index is 12.1. The predicted octanol–water partition coefficient (Wildman–Crippen LogP) is 3.33. The Morgan fingerprint density at radius 3 is 2.81 bits per heavy atom. The number of fused-ring (bicyclic) bond motifs is 1. The maximum Gasteiger partial charge on any atom is 0.204 e. The number of benzene rings is 1. The van der Waals surface area contributed by atoms with Gasteiger partial charge in [-0.05, 0) is 35.6 Å². The van der Waals surface area contributed by atoms with Crippen molar-refractivity contribution in [3.05, 3.63) is 33.1 Å². The van der Waals surface area contributed by atoms with Gasteiger partial charge in [0.05, 0.1) is 9.80 Å². The van der Waals surface area contributed by atoms with Crippen LogP contribution in [0.2, 0.25) is 0 Å². The van der Waals surface area contributed by atoms with Gasteiger partial charge >= 0.3 is 0 Å². The van der Waals surface area contributed by atoms with Crippen LogP contribution in [0.4, 0.5) is 0 Å². The highest BCUT2D eigenvalue weighted by molar-refractivity contribution is 9.10. The molecule has 0 N–H and O–H groups in total. The van der Waals surface area contributed by atoms with Crippen molar-refractivity contribution in [1.82, 2.24) is 0 Å². The van der Waals surface area contributed by atoms with Crippen LogP contribution in [0, 0.1) is 0 Å².